The van der Waals surface area contributed by atoms with Gasteiger partial charge in [-0.05, 0) is 13.8 Å². The first-order chi connectivity index (χ1) is 9.25. The number of benzene rings is 2. The number of alkyl halides is 2. The standard InChI is InChI=1S/C15H13.2CH3Cl.Hf/c1-10-7-11(2)15-13(8-10)9-12-5-3-4-6-14(12)15;2*1-2;/h3-9H,1-2H3;2*1H3;/q-1;;;. The van der Waals surface area contributed by atoms with Crippen LogP contribution in [0.15, 0.2) is 42.5 Å². The summed E-state index contributed by atoms with van der Waals surface area (Å²) in [6.07, 6.45) is 2.94. The zero-order chi connectivity index (χ0) is 14.4. The van der Waals surface area contributed by atoms with Gasteiger partial charge in [0.2, 0.25) is 0 Å². The van der Waals surface area contributed by atoms with Crippen LogP contribution in [0.2, 0.25) is 0 Å². The Labute approximate surface area is 150 Å². The molecule has 3 aromatic rings. The normalized spacial score (nSPS) is 9.10. The summed E-state index contributed by atoms with van der Waals surface area (Å²) in [5.41, 5.74) is 2.72. The molecule has 0 unspecified atom stereocenters. The number of hydrogen-bond acceptors (Lipinski definition) is 0. The van der Waals surface area contributed by atoms with Crippen LogP contribution < -0.4 is 0 Å². The Hall–Kier alpha value is -0.240. The molecule has 0 radical (unpaired) electrons. The third-order valence-electron chi connectivity index (χ3n) is 3.05. The summed E-state index contributed by atoms with van der Waals surface area (Å²) < 4.78 is 0. The maximum atomic E-state index is 4.64. The maximum Gasteiger partial charge on any atom is 0.0108 e. The van der Waals surface area contributed by atoms with Crippen molar-refractivity contribution in [3.05, 3.63) is 53.6 Å². The van der Waals surface area contributed by atoms with Crippen LogP contribution in [0.4, 0.5) is 0 Å². The van der Waals surface area contributed by atoms with Crippen LogP contribution in [0.3, 0.4) is 0 Å². The van der Waals surface area contributed by atoms with Gasteiger partial charge in [-0.1, -0.05) is 35.4 Å². The van der Waals surface area contributed by atoms with Crippen molar-refractivity contribution in [2.45, 2.75) is 13.8 Å². The zero-order valence-electron chi connectivity index (χ0n) is 12.3. The molecule has 0 nitrogen and oxygen atoms in total. The zero-order valence-corrected chi connectivity index (χ0v) is 17.4. The van der Waals surface area contributed by atoms with Crippen molar-refractivity contribution in [2.24, 2.45) is 0 Å². The number of fused-ring (bicyclic) bond motifs is 3. The molecule has 0 fully saturated rings. The molecule has 106 valence electrons. The van der Waals surface area contributed by atoms with Gasteiger partial charge in [0.05, 0.1) is 0 Å². The van der Waals surface area contributed by atoms with E-state index in [4.69, 9.17) is 0 Å². The Bertz CT molecular complexity index is 656. The van der Waals surface area contributed by atoms with Crippen LogP contribution in [0.5, 0.6) is 0 Å². The smallest absolute Gasteiger partial charge is 0.0108 e. The first-order valence-electron chi connectivity index (χ1n) is 6.07. The monoisotopic (exact) mass is 473 g/mol. The van der Waals surface area contributed by atoms with Crippen LogP contribution in [0.25, 0.3) is 21.5 Å². The minimum atomic E-state index is 0. The van der Waals surface area contributed by atoms with Crippen molar-refractivity contribution in [3.63, 3.8) is 0 Å². The van der Waals surface area contributed by atoms with Crippen molar-refractivity contribution >= 4 is 44.7 Å². The van der Waals surface area contributed by atoms with Gasteiger partial charge >= 0.3 is 0 Å². The van der Waals surface area contributed by atoms with Gasteiger partial charge in [0.1, 0.15) is 0 Å². The molecule has 0 aliphatic carbocycles. The third kappa shape index (κ3) is 4.13. The quantitative estimate of drug-likeness (QED) is 0.213. The Morgan fingerprint density at radius 2 is 1.45 bits per heavy atom. The fourth-order valence-corrected chi connectivity index (χ4v) is 2.50. The van der Waals surface area contributed by atoms with Gasteiger partial charge in [-0.2, -0.15) is 0 Å². The summed E-state index contributed by atoms with van der Waals surface area (Å²) in [5.74, 6) is 0. The van der Waals surface area contributed by atoms with Crippen LogP contribution in [-0.4, -0.2) is 12.8 Å². The average Bonchev–Trinajstić information content (AvgIpc) is 2.81. The van der Waals surface area contributed by atoms with E-state index in [1.807, 2.05) is 0 Å². The topological polar surface area (TPSA) is 0 Å². The molecule has 0 aromatic heterocycles. The van der Waals surface area contributed by atoms with E-state index in [1.54, 1.807) is 0 Å². The summed E-state index contributed by atoms with van der Waals surface area (Å²) >= 11 is 9.28. The number of aryl methyl sites for hydroxylation is 2. The van der Waals surface area contributed by atoms with Gasteiger partial charge < -0.3 is 0 Å². The molecular formula is C17H19Cl2Hf-. The number of hydrogen-bond donors (Lipinski definition) is 0. The molecular weight excluding hydrogens is 454 g/mol. The van der Waals surface area contributed by atoms with E-state index in [9.17, 15) is 0 Å². The summed E-state index contributed by atoms with van der Waals surface area (Å²) in [6.45, 7) is 4.35. The fourth-order valence-electron chi connectivity index (χ4n) is 2.50. The summed E-state index contributed by atoms with van der Waals surface area (Å²) in [6, 6.07) is 15.4. The minimum absolute atomic E-state index is 0. The summed E-state index contributed by atoms with van der Waals surface area (Å²) in [7, 11) is 0. The van der Waals surface area contributed by atoms with Crippen LogP contribution in [-0.2, 0) is 25.8 Å². The van der Waals surface area contributed by atoms with Crippen molar-refractivity contribution in [2.75, 3.05) is 12.8 Å². The molecule has 0 aliphatic rings. The second-order valence-electron chi connectivity index (χ2n) is 4.28. The van der Waals surface area contributed by atoms with E-state index in [0.29, 0.717) is 0 Å². The van der Waals surface area contributed by atoms with Gasteiger partial charge in [0.25, 0.3) is 0 Å². The minimum Gasteiger partial charge on any atom is -0.130 e. The summed E-state index contributed by atoms with van der Waals surface area (Å²) in [4.78, 5) is 0. The van der Waals surface area contributed by atoms with Crippen molar-refractivity contribution in [1.29, 1.82) is 0 Å². The van der Waals surface area contributed by atoms with E-state index >= 15 is 0 Å². The molecule has 0 amide bonds. The van der Waals surface area contributed by atoms with Crippen LogP contribution >= 0.6 is 23.2 Å². The molecule has 0 heterocycles. The van der Waals surface area contributed by atoms with Crippen LogP contribution in [0.1, 0.15) is 11.1 Å². The molecule has 0 bridgehead atoms. The molecule has 0 N–H and O–H groups in total. The molecule has 0 spiro atoms. The Morgan fingerprint density at radius 3 is 2.10 bits per heavy atom. The molecule has 0 aliphatic heterocycles. The van der Waals surface area contributed by atoms with Crippen molar-refractivity contribution in [3.8, 4) is 0 Å². The Kier molecular flexibility index (Phi) is 9.54. The molecule has 0 saturated carbocycles. The molecule has 3 rings (SSSR count). The molecule has 3 heteroatoms. The van der Waals surface area contributed by atoms with E-state index in [1.165, 1.54) is 45.4 Å². The van der Waals surface area contributed by atoms with Gasteiger partial charge in [-0.3, -0.25) is 0 Å². The maximum absolute atomic E-state index is 4.64. The van der Waals surface area contributed by atoms with E-state index in [0.717, 1.165) is 0 Å². The third-order valence-corrected chi connectivity index (χ3v) is 3.05. The predicted octanol–water partition coefficient (Wildman–Crippen LogP) is 6.04. The number of rotatable bonds is 0. The molecule has 0 atom stereocenters. The Morgan fingerprint density at radius 1 is 0.850 bits per heavy atom. The average molecular weight is 473 g/mol. The second kappa shape index (κ2) is 9.65. The molecule has 20 heavy (non-hydrogen) atoms. The van der Waals surface area contributed by atoms with Crippen molar-refractivity contribution in [1.82, 2.24) is 0 Å². The van der Waals surface area contributed by atoms with Gasteiger partial charge in [-0.15, -0.1) is 62.9 Å². The van der Waals surface area contributed by atoms with Crippen LogP contribution in [0, 0.1) is 13.8 Å². The van der Waals surface area contributed by atoms with E-state index in [2.05, 4.69) is 79.5 Å². The Balaban J connectivity index is 0.000000667. The number of halogens is 2. The van der Waals surface area contributed by atoms with Crippen molar-refractivity contribution < 1.29 is 25.8 Å². The van der Waals surface area contributed by atoms with Gasteiger partial charge in [0.15, 0.2) is 0 Å². The largest absolute Gasteiger partial charge is 0.130 e. The molecule has 3 aromatic carbocycles. The van der Waals surface area contributed by atoms with Gasteiger partial charge in [-0.25, -0.2) is 0 Å². The fraction of sp³-hybridized carbons (Fsp3) is 0.235. The SMILES string of the molecule is CCl.CCl.Cc1cc(C)c2c(c1)[cH-]c1ccccc12.[Hf]. The first-order valence-corrected chi connectivity index (χ1v) is 7.58. The van der Waals surface area contributed by atoms with Gasteiger partial charge in [0, 0.05) is 38.6 Å². The van der Waals surface area contributed by atoms with E-state index in [-0.39, 0.29) is 25.8 Å². The summed E-state index contributed by atoms with van der Waals surface area (Å²) in [5, 5.41) is 5.51. The first kappa shape index (κ1) is 19.8. The van der Waals surface area contributed by atoms with E-state index < -0.39 is 0 Å². The second-order valence-corrected chi connectivity index (χ2v) is 4.28. The predicted molar refractivity (Wildman–Crippen MR) is 90.1 cm³/mol. The molecule has 0 saturated heterocycles.